The summed E-state index contributed by atoms with van der Waals surface area (Å²) in [5.74, 6) is -1.58. The van der Waals surface area contributed by atoms with Gasteiger partial charge in [-0.25, -0.2) is 5.43 Å². The van der Waals surface area contributed by atoms with Crippen LogP contribution in [0.2, 0.25) is 10.0 Å². The first-order valence-corrected chi connectivity index (χ1v) is 12.3. The second-order valence-electron chi connectivity index (χ2n) is 7.52. The number of carbonyl (C=O) groups excluding carboxylic acids is 3. The molecule has 13 heteroatoms. The summed E-state index contributed by atoms with van der Waals surface area (Å²) < 4.78 is 16.8. The second kappa shape index (κ2) is 13.4. The monoisotopic (exact) mass is 600 g/mol. The Labute approximate surface area is 225 Å². The van der Waals surface area contributed by atoms with Crippen LogP contribution in [0.1, 0.15) is 18.4 Å². The van der Waals surface area contributed by atoms with Gasteiger partial charge in [0.2, 0.25) is 0 Å². The summed E-state index contributed by atoms with van der Waals surface area (Å²) in [7, 11) is 1.43. The predicted octanol–water partition coefficient (Wildman–Crippen LogP) is 3.53. The minimum Gasteiger partial charge on any atom is -0.493 e. The van der Waals surface area contributed by atoms with E-state index in [1.165, 1.54) is 13.3 Å². The van der Waals surface area contributed by atoms with E-state index < -0.39 is 17.7 Å². The molecule has 0 saturated carbocycles. The Bertz CT molecular complexity index is 1160. The average molecular weight is 602 g/mol. The van der Waals surface area contributed by atoms with E-state index in [-0.39, 0.29) is 30.0 Å². The number of rotatable bonds is 9. The van der Waals surface area contributed by atoms with E-state index in [1.807, 2.05) is 0 Å². The van der Waals surface area contributed by atoms with Crippen molar-refractivity contribution in [2.75, 3.05) is 32.2 Å². The van der Waals surface area contributed by atoms with Crippen molar-refractivity contribution in [3.8, 4) is 11.5 Å². The summed E-state index contributed by atoms with van der Waals surface area (Å²) in [4.78, 5) is 36.1. The van der Waals surface area contributed by atoms with Crippen LogP contribution >= 0.6 is 39.1 Å². The lowest BCUT2D eigenvalue weighted by molar-refractivity contribution is -0.139. The Kier molecular flexibility index (Phi) is 10.4. The van der Waals surface area contributed by atoms with E-state index in [1.54, 1.807) is 30.3 Å². The molecule has 1 aliphatic rings. The summed E-state index contributed by atoms with van der Waals surface area (Å²) in [5.41, 5.74) is 3.05. The smallest absolute Gasteiger partial charge is 0.329 e. The maximum atomic E-state index is 12.3. The molecular formula is C23H23BrCl2N4O6. The van der Waals surface area contributed by atoms with Gasteiger partial charge in [0, 0.05) is 13.2 Å². The van der Waals surface area contributed by atoms with E-state index in [2.05, 4.69) is 37.1 Å². The van der Waals surface area contributed by atoms with Gasteiger partial charge < -0.3 is 24.8 Å². The number of benzene rings is 2. The van der Waals surface area contributed by atoms with Gasteiger partial charge in [0.25, 0.3) is 5.91 Å². The Morgan fingerprint density at radius 1 is 1.25 bits per heavy atom. The molecule has 10 nitrogen and oxygen atoms in total. The first-order chi connectivity index (χ1) is 17.3. The minimum atomic E-state index is -0.902. The fourth-order valence-corrected chi connectivity index (χ4v) is 4.11. The molecule has 0 spiro atoms. The number of anilines is 1. The number of hydrogen-bond donors (Lipinski definition) is 3. The normalized spacial score (nSPS) is 14.9. The van der Waals surface area contributed by atoms with Crippen molar-refractivity contribution >= 4 is 68.8 Å². The molecule has 1 fully saturated rings. The third-order valence-corrected chi connectivity index (χ3v) is 6.33. The minimum absolute atomic E-state index is 0.0727. The molecule has 1 aliphatic heterocycles. The van der Waals surface area contributed by atoms with Gasteiger partial charge in [-0.2, -0.15) is 5.10 Å². The third-order valence-electron chi connectivity index (χ3n) is 4.93. The van der Waals surface area contributed by atoms with Gasteiger partial charge in [-0.1, -0.05) is 29.3 Å². The predicted molar refractivity (Wildman–Crippen MR) is 139 cm³/mol. The fraction of sp³-hybridized carbons (Fsp3) is 0.304. The number of amides is 3. The van der Waals surface area contributed by atoms with Gasteiger partial charge >= 0.3 is 11.8 Å². The van der Waals surface area contributed by atoms with Crippen LogP contribution in [0.4, 0.5) is 5.69 Å². The molecule has 1 atom stereocenters. The standard InChI is InChI=1S/C23H23BrCl2N4O6/c1-34-18-9-13(10-28-30-23(33)22(32)27-11-14-4-3-7-35-14)8-15(24)21(18)36-12-19(31)29-17-6-2-5-16(25)20(17)26/h2,5-6,8-10,14H,3-4,7,11-12H2,1H3,(H,27,32)(H,29,31)(H,30,33)/b28-10-/t14-/m1/s1. The molecule has 0 unspecified atom stereocenters. The van der Waals surface area contributed by atoms with Crippen molar-refractivity contribution in [3.05, 3.63) is 50.4 Å². The summed E-state index contributed by atoms with van der Waals surface area (Å²) in [6, 6.07) is 8.10. The lowest BCUT2D eigenvalue weighted by atomic mass is 10.2. The molecule has 0 aliphatic carbocycles. The van der Waals surface area contributed by atoms with E-state index in [0.29, 0.717) is 33.1 Å². The van der Waals surface area contributed by atoms with Gasteiger partial charge in [-0.05, 0) is 58.6 Å². The van der Waals surface area contributed by atoms with Crippen LogP contribution in [0, 0.1) is 0 Å². The van der Waals surface area contributed by atoms with Gasteiger partial charge in [0.05, 0.1) is 39.6 Å². The summed E-state index contributed by atoms with van der Waals surface area (Å²) in [5, 5.41) is 9.48. The first-order valence-electron chi connectivity index (χ1n) is 10.8. The summed E-state index contributed by atoms with van der Waals surface area (Å²) in [6.07, 6.45) is 3.04. The van der Waals surface area contributed by atoms with Gasteiger partial charge in [-0.3, -0.25) is 14.4 Å². The molecule has 0 aromatic heterocycles. The van der Waals surface area contributed by atoms with Crippen molar-refractivity contribution in [1.29, 1.82) is 0 Å². The van der Waals surface area contributed by atoms with Gasteiger partial charge in [-0.15, -0.1) is 0 Å². The largest absolute Gasteiger partial charge is 0.493 e. The number of nitrogens with zero attached hydrogens (tertiary/aromatic N) is 1. The fourth-order valence-electron chi connectivity index (χ4n) is 3.19. The van der Waals surface area contributed by atoms with Crippen molar-refractivity contribution in [3.63, 3.8) is 0 Å². The van der Waals surface area contributed by atoms with Crippen LogP contribution in [0.15, 0.2) is 39.9 Å². The number of ether oxygens (including phenoxy) is 3. The zero-order valence-corrected chi connectivity index (χ0v) is 22.2. The molecule has 2 aromatic rings. The van der Waals surface area contributed by atoms with Gasteiger partial charge in [0.1, 0.15) is 0 Å². The maximum absolute atomic E-state index is 12.3. The highest BCUT2D eigenvalue weighted by Gasteiger charge is 2.19. The zero-order valence-electron chi connectivity index (χ0n) is 19.1. The van der Waals surface area contributed by atoms with Crippen LogP contribution in [0.3, 0.4) is 0 Å². The SMILES string of the molecule is COc1cc(/C=N\NC(=O)C(=O)NC[C@H]2CCCO2)cc(Br)c1OCC(=O)Nc1cccc(Cl)c1Cl. The highest BCUT2D eigenvalue weighted by atomic mass is 79.9. The second-order valence-corrected chi connectivity index (χ2v) is 9.16. The molecular weight excluding hydrogens is 579 g/mol. The van der Waals surface area contributed by atoms with Crippen molar-refractivity contribution in [1.82, 2.24) is 10.7 Å². The Morgan fingerprint density at radius 3 is 2.78 bits per heavy atom. The van der Waals surface area contributed by atoms with E-state index in [9.17, 15) is 14.4 Å². The maximum Gasteiger partial charge on any atom is 0.329 e. The quantitative estimate of drug-likeness (QED) is 0.229. The average Bonchev–Trinajstić information content (AvgIpc) is 3.38. The molecule has 3 amide bonds. The summed E-state index contributed by atoms with van der Waals surface area (Å²) in [6.45, 7) is 0.596. The Hall–Kier alpha value is -2.86. The van der Waals surface area contributed by atoms with Crippen LogP contribution in [-0.4, -0.2) is 56.9 Å². The first kappa shape index (κ1) is 27.7. The highest BCUT2D eigenvalue weighted by Crippen LogP contribution is 2.36. The van der Waals surface area contributed by atoms with Crippen molar-refractivity contribution < 1.29 is 28.6 Å². The molecule has 3 N–H and O–H groups in total. The number of nitrogens with one attached hydrogen (secondary N) is 3. The van der Waals surface area contributed by atoms with Gasteiger partial charge in [0.15, 0.2) is 18.1 Å². The number of halogens is 3. The molecule has 1 heterocycles. The molecule has 36 heavy (non-hydrogen) atoms. The number of carbonyl (C=O) groups is 3. The highest BCUT2D eigenvalue weighted by molar-refractivity contribution is 9.10. The molecule has 192 valence electrons. The Morgan fingerprint density at radius 2 is 2.06 bits per heavy atom. The van der Waals surface area contributed by atoms with Crippen molar-refractivity contribution in [2.24, 2.45) is 5.10 Å². The topological polar surface area (TPSA) is 127 Å². The molecule has 1 saturated heterocycles. The summed E-state index contributed by atoms with van der Waals surface area (Å²) >= 11 is 15.4. The van der Waals surface area contributed by atoms with Crippen LogP contribution < -0.4 is 25.5 Å². The van der Waals surface area contributed by atoms with Crippen LogP contribution in [0.5, 0.6) is 11.5 Å². The molecule has 3 rings (SSSR count). The zero-order chi connectivity index (χ0) is 26.1. The lowest BCUT2D eigenvalue weighted by Crippen LogP contribution is -2.41. The van der Waals surface area contributed by atoms with Crippen LogP contribution in [-0.2, 0) is 19.1 Å². The molecule has 0 bridgehead atoms. The van der Waals surface area contributed by atoms with Crippen LogP contribution in [0.25, 0.3) is 0 Å². The van der Waals surface area contributed by atoms with E-state index >= 15 is 0 Å². The molecule has 0 radical (unpaired) electrons. The number of methoxy groups -OCH3 is 1. The Balaban J connectivity index is 1.54. The number of hydrogen-bond acceptors (Lipinski definition) is 7. The van der Waals surface area contributed by atoms with E-state index in [4.69, 9.17) is 37.4 Å². The van der Waals surface area contributed by atoms with Crippen molar-refractivity contribution in [2.45, 2.75) is 18.9 Å². The van der Waals surface area contributed by atoms with E-state index in [0.717, 1.165) is 12.8 Å². The third kappa shape index (κ3) is 7.82. The lowest BCUT2D eigenvalue weighted by Gasteiger charge is -2.14. The molecule has 2 aromatic carbocycles. The number of hydrazone groups is 1.